The molecule has 2 N–H and O–H groups in total. The minimum absolute atomic E-state index is 0.144. The highest BCUT2D eigenvalue weighted by Gasteiger charge is 2.22. The summed E-state index contributed by atoms with van der Waals surface area (Å²) in [6.45, 7) is 2.73. The Morgan fingerprint density at radius 1 is 1.40 bits per heavy atom. The molecule has 0 saturated heterocycles. The van der Waals surface area contributed by atoms with E-state index in [1.54, 1.807) is 11.8 Å². The van der Waals surface area contributed by atoms with Crippen LogP contribution in [0, 0.1) is 5.92 Å². The summed E-state index contributed by atoms with van der Waals surface area (Å²) in [5, 5.41) is 11.6. The molecule has 20 heavy (non-hydrogen) atoms. The van der Waals surface area contributed by atoms with Crippen molar-refractivity contribution in [3.63, 3.8) is 0 Å². The van der Waals surface area contributed by atoms with E-state index >= 15 is 0 Å². The molecular weight excluding hydrogens is 256 g/mol. The summed E-state index contributed by atoms with van der Waals surface area (Å²) >= 11 is 0. The molecule has 0 fully saturated rings. The lowest BCUT2D eigenvalue weighted by molar-refractivity contribution is -0.141. The van der Waals surface area contributed by atoms with Crippen LogP contribution in [0.3, 0.4) is 0 Å². The first-order valence-electron chi connectivity index (χ1n) is 6.95. The molecule has 0 bridgehead atoms. The van der Waals surface area contributed by atoms with E-state index in [0.717, 1.165) is 18.5 Å². The molecule has 1 heterocycles. The van der Waals surface area contributed by atoms with E-state index in [1.165, 1.54) is 5.56 Å². The quantitative estimate of drug-likeness (QED) is 0.886. The predicted molar refractivity (Wildman–Crippen MR) is 76.9 cm³/mol. The van der Waals surface area contributed by atoms with Gasteiger partial charge in [-0.15, -0.1) is 0 Å². The number of carbonyl (C=O) groups excluding carboxylic acids is 1. The normalized spacial score (nSPS) is 15.3. The van der Waals surface area contributed by atoms with E-state index in [2.05, 4.69) is 5.32 Å². The number of para-hydroxylation sites is 1. The Bertz CT molecular complexity index is 502. The number of carbonyl (C=O) groups is 2. The number of carboxylic acids is 1. The van der Waals surface area contributed by atoms with Gasteiger partial charge in [-0.2, -0.15) is 0 Å². The molecule has 5 nitrogen and oxygen atoms in total. The minimum atomic E-state index is -0.831. The Labute approximate surface area is 118 Å². The highest BCUT2D eigenvalue weighted by atomic mass is 16.4. The maximum Gasteiger partial charge on any atom is 0.321 e. The van der Waals surface area contributed by atoms with Gasteiger partial charge in [0.15, 0.2) is 0 Å². The number of aliphatic carboxylic acids is 1. The van der Waals surface area contributed by atoms with Crippen LogP contribution in [0.25, 0.3) is 0 Å². The van der Waals surface area contributed by atoms with Gasteiger partial charge in [-0.05, 0) is 30.9 Å². The van der Waals surface area contributed by atoms with Crippen molar-refractivity contribution in [1.29, 1.82) is 0 Å². The van der Waals surface area contributed by atoms with Crippen molar-refractivity contribution in [3.8, 4) is 0 Å². The van der Waals surface area contributed by atoms with Gasteiger partial charge in [0.25, 0.3) is 0 Å². The zero-order valence-corrected chi connectivity index (χ0v) is 11.6. The second kappa shape index (κ2) is 6.41. The lowest BCUT2D eigenvalue weighted by atomic mass is 10.0. The molecule has 108 valence electrons. The van der Waals surface area contributed by atoms with Crippen molar-refractivity contribution in [1.82, 2.24) is 5.32 Å². The number of rotatable bonds is 4. The molecule has 1 aromatic rings. The van der Waals surface area contributed by atoms with Crippen LogP contribution < -0.4 is 10.2 Å². The van der Waals surface area contributed by atoms with Gasteiger partial charge in [0.05, 0.1) is 5.92 Å². The van der Waals surface area contributed by atoms with Crippen LogP contribution >= 0.6 is 0 Å². The van der Waals surface area contributed by atoms with Gasteiger partial charge in [0.1, 0.15) is 0 Å². The first-order chi connectivity index (χ1) is 9.59. The number of urea groups is 1. The molecule has 2 rings (SSSR count). The highest BCUT2D eigenvalue weighted by Crippen LogP contribution is 2.26. The SMILES string of the molecule is CC(CCNC(=O)N1CCCc2ccccc21)C(=O)O. The number of carboxylic acid groups (broad SMARTS) is 1. The maximum absolute atomic E-state index is 12.2. The maximum atomic E-state index is 12.2. The lowest BCUT2D eigenvalue weighted by Crippen LogP contribution is -2.43. The predicted octanol–water partition coefficient (Wildman–Crippen LogP) is 2.26. The number of nitrogens with one attached hydrogen (secondary N) is 1. The monoisotopic (exact) mass is 276 g/mol. The molecule has 2 amide bonds. The molecule has 0 spiro atoms. The van der Waals surface area contributed by atoms with Crippen LogP contribution in [0.4, 0.5) is 10.5 Å². The minimum Gasteiger partial charge on any atom is -0.481 e. The highest BCUT2D eigenvalue weighted by molar-refractivity contribution is 5.93. The van der Waals surface area contributed by atoms with Gasteiger partial charge < -0.3 is 10.4 Å². The largest absolute Gasteiger partial charge is 0.481 e. The topological polar surface area (TPSA) is 69.6 Å². The average molecular weight is 276 g/mol. The van der Waals surface area contributed by atoms with Crippen LogP contribution in [0.15, 0.2) is 24.3 Å². The van der Waals surface area contributed by atoms with E-state index in [0.29, 0.717) is 19.5 Å². The van der Waals surface area contributed by atoms with Crippen LogP contribution in [0.5, 0.6) is 0 Å². The molecule has 0 aliphatic carbocycles. The molecule has 5 heteroatoms. The summed E-state index contributed by atoms with van der Waals surface area (Å²) in [6, 6.07) is 7.76. The number of anilines is 1. The van der Waals surface area contributed by atoms with Crippen molar-refractivity contribution >= 4 is 17.7 Å². The molecule has 1 atom stereocenters. The van der Waals surface area contributed by atoms with Crippen LogP contribution in [0.2, 0.25) is 0 Å². The molecule has 0 radical (unpaired) electrons. The fourth-order valence-electron chi connectivity index (χ4n) is 2.36. The summed E-state index contributed by atoms with van der Waals surface area (Å²) in [7, 11) is 0. The number of hydrogen-bond donors (Lipinski definition) is 2. The third kappa shape index (κ3) is 3.29. The number of nitrogens with zero attached hydrogens (tertiary/aromatic N) is 1. The van der Waals surface area contributed by atoms with E-state index in [-0.39, 0.29) is 6.03 Å². The molecule has 0 aromatic heterocycles. The first kappa shape index (κ1) is 14.4. The van der Waals surface area contributed by atoms with Gasteiger partial charge in [-0.25, -0.2) is 4.79 Å². The Morgan fingerprint density at radius 3 is 2.90 bits per heavy atom. The van der Waals surface area contributed by atoms with Crippen molar-refractivity contribution in [2.75, 3.05) is 18.0 Å². The summed E-state index contributed by atoms with van der Waals surface area (Å²) in [6.07, 6.45) is 2.39. The second-order valence-electron chi connectivity index (χ2n) is 5.14. The zero-order valence-electron chi connectivity index (χ0n) is 11.6. The van der Waals surface area contributed by atoms with E-state index in [1.807, 2.05) is 24.3 Å². The standard InChI is InChI=1S/C15H20N2O3/c1-11(14(18)19)8-9-16-15(20)17-10-4-6-12-5-2-3-7-13(12)17/h2-3,5,7,11H,4,6,8-10H2,1H3,(H,16,20)(H,18,19). The first-order valence-corrected chi connectivity index (χ1v) is 6.95. The average Bonchev–Trinajstić information content (AvgIpc) is 2.46. The van der Waals surface area contributed by atoms with Crippen LogP contribution in [-0.2, 0) is 11.2 Å². The number of benzene rings is 1. The Morgan fingerprint density at radius 2 is 2.15 bits per heavy atom. The van der Waals surface area contributed by atoms with Crippen molar-refractivity contribution in [3.05, 3.63) is 29.8 Å². The van der Waals surface area contributed by atoms with E-state index in [9.17, 15) is 9.59 Å². The Hall–Kier alpha value is -2.04. The van der Waals surface area contributed by atoms with Gasteiger partial charge in [-0.1, -0.05) is 25.1 Å². The van der Waals surface area contributed by atoms with Gasteiger partial charge in [0.2, 0.25) is 0 Å². The number of aryl methyl sites for hydroxylation is 1. The molecule has 1 aliphatic rings. The molecular formula is C15H20N2O3. The lowest BCUT2D eigenvalue weighted by Gasteiger charge is -2.29. The third-order valence-electron chi connectivity index (χ3n) is 3.63. The Balaban J connectivity index is 1.92. The van der Waals surface area contributed by atoms with Crippen LogP contribution in [0.1, 0.15) is 25.3 Å². The van der Waals surface area contributed by atoms with Crippen molar-refractivity contribution in [2.24, 2.45) is 5.92 Å². The van der Waals surface area contributed by atoms with Gasteiger partial charge in [0, 0.05) is 18.8 Å². The van der Waals surface area contributed by atoms with E-state index in [4.69, 9.17) is 5.11 Å². The number of hydrogen-bond acceptors (Lipinski definition) is 2. The fraction of sp³-hybridized carbons (Fsp3) is 0.467. The molecule has 1 aliphatic heterocycles. The summed E-state index contributed by atoms with van der Waals surface area (Å²) in [5.41, 5.74) is 2.15. The second-order valence-corrected chi connectivity index (χ2v) is 5.14. The smallest absolute Gasteiger partial charge is 0.321 e. The number of amides is 2. The summed E-state index contributed by atoms with van der Waals surface area (Å²) in [4.78, 5) is 24.6. The fourth-order valence-corrected chi connectivity index (χ4v) is 2.36. The summed E-state index contributed by atoms with van der Waals surface area (Å²) < 4.78 is 0. The third-order valence-corrected chi connectivity index (χ3v) is 3.63. The molecule has 1 aromatic carbocycles. The zero-order chi connectivity index (χ0) is 14.5. The van der Waals surface area contributed by atoms with Crippen molar-refractivity contribution in [2.45, 2.75) is 26.2 Å². The molecule has 0 saturated carbocycles. The number of fused-ring (bicyclic) bond motifs is 1. The van der Waals surface area contributed by atoms with Crippen molar-refractivity contribution < 1.29 is 14.7 Å². The Kier molecular flexibility index (Phi) is 4.61. The summed E-state index contributed by atoms with van der Waals surface area (Å²) in [5.74, 6) is -1.27. The van der Waals surface area contributed by atoms with Gasteiger partial charge in [-0.3, -0.25) is 9.69 Å². The van der Waals surface area contributed by atoms with Gasteiger partial charge >= 0.3 is 12.0 Å². The van der Waals surface area contributed by atoms with Crippen LogP contribution in [-0.4, -0.2) is 30.2 Å². The molecule has 1 unspecified atom stereocenters. The van der Waals surface area contributed by atoms with E-state index < -0.39 is 11.9 Å².